The number of nitrogens with one attached hydrogen (secondary N) is 3. The van der Waals surface area contributed by atoms with Crippen molar-refractivity contribution in [3.05, 3.63) is 35.3 Å². The van der Waals surface area contributed by atoms with Crippen molar-refractivity contribution in [1.29, 1.82) is 0 Å². The van der Waals surface area contributed by atoms with Crippen LogP contribution in [0.4, 0.5) is 11.5 Å². The number of benzene rings is 1. The number of aromatic nitrogens is 6. The maximum absolute atomic E-state index is 4.27. The van der Waals surface area contributed by atoms with E-state index in [-0.39, 0.29) is 0 Å². The van der Waals surface area contributed by atoms with Gasteiger partial charge in [-0.25, -0.2) is 9.97 Å². The standard InChI is InChI=1S/C12H8BrN7/c13-10-9-11(14-5-15-12(9)20-19-10)17-7-1-2-8-6(3-7)4-16-18-8/h1-5H,(H,16,18)(H2,14,15,17,19,20). The van der Waals surface area contributed by atoms with E-state index >= 15 is 0 Å². The smallest absolute Gasteiger partial charge is 0.161 e. The van der Waals surface area contributed by atoms with Crippen molar-refractivity contribution in [3.63, 3.8) is 0 Å². The number of anilines is 2. The molecule has 3 heterocycles. The second-order valence-corrected chi connectivity index (χ2v) is 5.01. The maximum atomic E-state index is 4.27. The van der Waals surface area contributed by atoms with Crippen LogP contribution in [0.1, 0.15) is 0 Å². The van der Waals surface area contributed by atoms with Crippen molar-refractivity contribution >= 4 is 49.4 Å². The highest BCUT2D eigenvalue weighted by molar-refractivity contribution is 9.10. The Hall–Kier alpha value is -2.48. The monoisotopic (exact) mass is 329 g/mol. The molecular weight excluding hydrogens is 322 g/mol. The average molecular weight is 330 g/mol. The molecule has 20 heavy (non-hydrogen) atoms. The van der Waals surface area contributed by atoms with Gasteiger partial charge in [0.2, 0.25) is 0 Å². The van der Waals surface area contributed by atoms with Gasteiger partial charge in [0.05, 0.1) is 17.1 Å². The maximum Gasteiger partial charge on any atom is 0.161 e. The van der Waals surface area contributed by atoms with Gasteiger partial charge in [-0.1, -0.05) is 0 Å². The van der Waals surface area contributed by atoms with Crippen LogP contribution in [0.3, 0.4) is 0 Å². The zero-order valence-electron chi connectivity index (χ0n) is 10.1. The van der Waals surface area contributed by atoms with Crippen molar-refractivity contribution in [2.45, 2.75) is 0 Å². The summed E-state index contributed by atoms with van der Waals surface area (Å²) in [6.07, 6.45) is 3.27. The van der Waals surface area contributed by atoms with Gasteiger partial charge < -0.3 is 5.32 Å². The van der Waals surface area contributed by atoms with E-state index in [1.807, 2.05) is 18.2 Å². The van der Waals surface area contributed by atoms with E-state index in [0.29, 0.717) is 16.1 Å². The summed E-state index contributed by atoms with van der Waals surface area (Å²) in [6, 6.07) is 5.93. The number of hydrogen-bond donors (Lipinski definition) is 3. The minimum Gasteiger partial charge on any atom is -0.339 e. The molecule has 0 aliphatic rings. The van der Waals surface area contributed by atoms with Crippen molar-refractivity contribution in [2.75, 3.05) is 5.32 Å². The molecule has 0 bridgehead atoms. The number of aromatic amines is 2. The van der Waals surface area contributed by atoms with E-state index in [0.717, 1.165) is 22.0 Å². The molecule has 0 aliphatic carbocycles. The zero-order chi connectivity index (χ0) is 13.5. The summed E-state index contributed by atoms with van der Waals surface area (Å²) in [4.78, 5) is 8.40. The van der Waals surface area contributed by atoms with E-state index in [4.69, 9.17) is 0 Å². The molecule has 0 amide bonds. The highest BCUT2D eigenvalue weighted by Crippen LogP contribution is 2.28. The third kappa shape index (κ3) is 1.73. The first-order valence-electron chi connectivity index (χ1n) is 5.86. The van der Waals surface area contributed by atoms with Gasteiger partial charge in [0.15, 0.2) is 5.65 Å². The Bertz CT molecular complexity index is 910. The average Bonchev–Trinajstić information content (AvgIpc) is 3.06. The Morgan fingerprint density at radius 2 is 2.10 bits per heavy atom. The highest BCUT2D eigenvalue weighted by Gasteiger charge is 2.11. The predicted molar refractivity (Wildman–Crippen MR) is 78.8 cm³/mol. The predicted octanol–water partition coefficient (Wildman–Crippen LogP) is 2.74. The van der Waals surface area contributed by atoms with Crippen LogP contribution < -0.4 is 5.32 Å². The molecule has 0 spiro atoms. The van der Waals surface area contributed by atoms with Crippen molar-refractivity contribution in [3.8, 4) is 0 Å². The van der Waals surface area contributed by atoms with E-state index < -0.39 is 0 Å². The van der Waals surface area contributed by atoms with E-state index in [1.165, 1.54) is 6.33 Å². The van der Waals surface area contributed by atoms with Gasteiger partial charge >= 0.3 is 0 Å². The number of halogens is 1. The lowest BCUT2D eigenvalue weighted by atomic mass is 10.2. The quantitative estimate of drug-likeness (QED) is 0.525. The number of hydrogen-bond acceptors (Lipinski definition) is 5. The molecule has 98 valence electrons. The van der Waals surface area contributed by atoms with Gasteiger partial charge in [0, 0.05) is 11.1 Å². The second kappa shape index (κ2) is 4.27. The van der Waals surface area contributed by atoms with Crippen LogP contribution in [0, 0.1) is 0 Å². The van der Waals surface area contributed by atoms with Gasteiger partial charge in [-0.3, -0.25) is 10.2 Å². The van der Waals surface area contributed by atoms with Gasteiger partial charge in [-0.05, 0) is 34.1 Å². The minimum atomic E-state index is 0.679. The molecule has 0 saturated carbocycles. The highest BCUT2D eigenvalue weighted by atomic mass is 79.9. The molecule has 4 aromatic rings. The first-order chi connectivity index (χ1) is 9.81. The summed E-state index contributed by atoms with van der Waals surface area (Å²) >= 11 is 3.39. The molecule has 0 radical (unpaired) electrons. The van der Waals surface area contributed by atoms with Crippen molar-refractivity contribution < 1.29 is 0 Å². The summed E-state index contributed by atoms with van der Waals surface area (Å²) in [5.41, 5.74) is 2.60. The topological polar surface area (TPSA) is 95.2 Å². The van der Waals surface area contributed by atoms with Gasteiger partial charge in [0.25, 0.3) is 0 Å². The lowest BCUT2D eigenvalue weighted by Crippen LogP contribution is -1.95. The van der Waals surface area contributed by atoms with Crippen LogP contribution in [0.25, 0.3) is 21.9 Å². The summed E-state index contributed by atoms with van der Waals surface area (Å²) < 4.78 is 0.681. The number of H-pyrrole nitrogens is 2. The van der Waals surface area contributed by atoms with E-state index in [1.54, 1.807) is 6.20 Å². The zero-order valence-corrected chi connectivity index (χ0v) is 11.6. The second-order valence-electron chi connectivity index (χ2n) is 4.26. The SMILES string of the molecule is Brc1n[nH]c2ncnc(Nc3ccc4[nH]ncc4c3)c12. The molecule has 3 N–H and O–H groups in total. The molecule has 0 atom stereocenters. The molecule has 0 fully saturated rings. The molecule has 3 aromatic heterocycles. The molecule has 0 saturated heterocycles. The fourth-order valence-corrected chi connectivity index (χ4v) is 2.54. The Labute approximate surface area is 121 Å². The molecule has 1 aromatic carbocycles. The first kappa shape index (κ1) is 11.4. The lowest BCUT2D eigenvalue weighted by Gasteiger charge is -2.06. The fourth-order valence-electron chi connectivity index (χ4n) is 2.08. The van der Waals surface area contributed by atoms with Crippen LogP contribution in [0.5, 0.6) is 0 Å². The van der Waals surface area contributed by atoms with Crippen LogP contribution in [0.2, 0.25) is 0 Å². The Morgan fingerprint density at radius 1 is 1.15 bits per heavy atom. The largest absolute Gasteiger partial charge is 0.339 e. The minimum absolute atomic E-state index is 0.679. The molecule has 0 aliphatic heterocycles. The van der Waals surface area contributed by atoms with E-state index in [9.17, 15) is 0 Å². The van der Waals surface area contributed by atoms with Gasteiger partial charge in [-0.15, -0.1) is 0 Å². The van der Waals surface area contributed by atoms with E-state index in [2.05, 4.69) is 51.6 Å². The summed E-state index contributed by atoms with van der Waals surface area (Å²) in [6.45, 7) is 0. The van der Waals surface area contributed by atoms with Crippen LogP contribution in [-0.4, -0.2) is 30.4 Å². The number of rotatable bonds is 2. The third-order valence-electron chi connectivity index (χ3n) is 3.02. The Morgan fingerprint density at radius 3 is 3.05 bits per heavy atom. The fraction of sp³-hybridized carbons (Fsp3) is 0. The first-order valence-corrected chi connectivity index (χ1v) is 6.65. The lowest BCUT2D eigenvalue weighted by molar-refractivity contribution is 1.07. The van der Waals surface area contributed by atoms with Crippen molar-refractivity contribution in [1.82, 2.24) is 30.4 Å². The summed E-state index contributed by atoms with van der Waals surface area (Å²) in [5.74, 6) is 0.693. The van der Waals surface area contributed by atoms with Crippen LogP contribution in [0.15, 0.2) is 35.3 Å². The summed E-state index contributed by atoms with van der Waals surface area (Å²) in [5, 5.41) is 19.0. The van der Waals surface area contributed by atoms with Crippen LogP contribution in [-0.2, 0) is 0 Å². The molecular formula is C12H8BrN7. The molecule has 8 heteroatoms. The molecule has 7 nitrogen and oxygen atoms in total. The van der Waals surface area contributed by atoms with Crippen molar-refractivity contribution in [2.24, 2.45) is 0 Å². The summed E-state index contributed by atoms with van der Waals surface area (Å²) in [7, 11) is 0. The number of fused-ring (bicyclic) bond motifs is 2. The Balaban J connectivity index is 1.81. The molecule has 0 unspecified atom stereocenters. The van der Waals surface area contributed by atoms with Crippen LogP contribution >= 0.6 is 15.9 Å². The van der Waals surface area contributed by atoms with Gasteiger partial charge in [0.1, 0.15) is 16.7 Å². The number of nitrogens with zero attached hydrogens (tertiary/aromatic N) is 4. The normalized spacial score (nSPS) is 11.2. The molecule has 4 rings (SSSR count). The Kier molecular flexibility index (Phi) is 2.43. The third-order valence-corrected chi connectivity index (χ3v) is 3.59. The van der Waals surface area contributed by atoms with Gasteiger partial charge in [-0.2, -0.15) is 10.2 Å².